The predicted octanol–water partition coefficient (Wildman–Crippen LogP) is 3.43. The molecule has 117 valence electrons. The van der Waals surface area contributed by atoms with Crippen molar-refractivity contribution in [2.45, 2.75) is 26.3 Å². The second kappa shape index (κ2) is 7.64. The Morgan fingerprint density at radius 2 is 1.95 bits per heavy atom. The van der Waals surface area contributed by atoms with Gasteiger partial charge in [0.2, 0.25) is 5.95 Å². The number of anilines is 1. The quantitative estimate of drug-likeness (QED) is 0.849. The average molecular weight is 300 g/mol. The third-order valence-corrected chi connectivity index (χ3v) is 3.38. The summed E-state index contributed by atoms with van der Waals surface area (Å²) < 4.78 is 10.6. The van der Waals surface area contributed by atoms with Crippen LogP contribution in [0.1, 0.15) is 31.1 Å². The van der Waals surface area contributed by atoms with Gasteiger partial charge in [-0.1, -0.05) is 13.0 Å². The molecular formula is C17H22N3O2. The minimum atomic E-state index is 0.0562. The Kier molecular flexibility index (Phi) is 5.58. The zero-order valence-corrected chi connectivity index (χ0v) is 13.5. The number of aromatic nitrogens is 2. The number of benzene rings is 1. The molecule has 2 rings (SSSR count). The number of nitrogens with zero attached hydrogens (tertiary/aromatic N) is 2. The number of nitrogens with one attached hydrogen (secondary N) is 1. The SMILES string of the molecule is C[CH]Cc1ccnc(NC(C)c2ccc(OC)c(OC)c2)n1. The van der Waals surface area contributed by atoms with E-state index in [0.717, 1.165) is 23.4 Å². The molecule has 1 atom stereocenters. The second-order valence-corrected chi connectivity index (χ2v) is 4.96. The van der Waals surface area contributed by atoms with Gasteiger partial charge in [0.05, 0.1) is 20.3 Å². The summed E-state index contributed by atoms with van der Waals surface area (Å²) in [5, 5.41) is 3.31. The maximum absolute atomic E-state index is 5.34. The van der Waals surface area contributed by atoms with E-state index in [4.69, 9.17) is 9.47 Å². The van der Waals surface area contributed by atoms with Crippen molar-refractivity contribution in [3.63, 3.8) is 0 Å². The van der Waals surface area contributed by atoms with Crippen LogP contribution in [0.2, 0.25) is 0 Å². The van der Waals surface area contributed by atoms with Crippen molar-refractivity contribution in [1.29, 1.82) is 0 Å². The summed E-state index contributed by atoms with van der Waals surface area (Å²) >= 11 is 0. The van der Waals surface area contributed by atoms with E-state index >= 15 is 0 Å². The van der Waals surface area contributed by atoms with Gasteiger partial charge < -0.3 is 14.8 Å². The smallest absolute Gasteiger partial charge is 0.223 e. The minimum Gasteiger partial charge on any atom is -0.493 e. The van der Waals surface area contributed by atoms with Gasteiger partial charge >= 0.3 is 0 Å². The molecule has 0 aliphatic carbocycles. The molecule has 5 nitrogen and oxygen atoms in total. The zero-order chi connectivity index (χ0) is 15.9. The van der Waals surface area contributed by atoms with Crippen LogP contribution in [0.5, 0.6) is 11.5 Å². The van der Waals surface area contributed by atoms with Gasteiger partial charge in [0.1, 0.15) is 0 Å². The standard InChI is InChI=1S/C17H22N3O2/c1-5-6-14-9-10-18-17(20-14)19-12(2)13-7-8-15(21-3)16(11-13)22-4/h5,7-12H,6H2,1-4H3,(H,18,19,20). The predicted molar refractivity (Wildman–Crippen MR) is 87.3 cm³/mol. The number of hydrogen-bond donors (Lipinski definition) is 1. The Labute approximate surface area is 131 Å². The molecule has 1 aromatic heterocycles. The number of ether oxygens (including phenoxy) is 2. The lowest BCUT2D eigenvalue weighted by atomic mass is 10.1. The van der Waals surface area contributed by atoms with E-state index in [1.807, 2.05) is 31.2 Å². The molecule has 5 heteroatoms. The van der Waals surface area contributed by atoms with Gasteiger partial charge in [0, 0.05) is 11.9 Å². The third-order valence-electron chi connectivity index (χ3n) is 3.38. The van der Waals surface area contributed by atoms with Crippen LogP contribution in [0.3, 0.4) is 0 Å². The van der Waals surface area contributed by atoms with E-state index in [2.05, 4.69) is 28.6 Å². The third kappa shape index (κ3) is 3.87. The first-order valence-electron chi connectivity index (χ1n) is 7.26. The molecule has 0 aliphatic heterocycles. The van der Waals surface area contributed by atoms with Gasteiger partial charge in [-0.15, -0.1) is 0 Å². The van der Waals surface area contributed by atoms with Crippen molar-refractivity contribution in [2.24, 2.45) is 0 Å². The molecule has 0 saturated heterocycles. The summed E-state index contributed by atoms with van der Waals surface area (Å²) in [5.41, 5.74) is 2.08. The Morgan fingerprint density at radius 3 is 2.64 bits per heavy atom. The summed E-state index contributed by atoms with van der Waals surface area (Å²) in [4.78, 5) is 8.77. The molecule has 0 bridgehead atoms. The van der Waals surface area contributed by atoms with Gasteiger partial charge in [-0.2, -0.15) is 0 Å². The van der Waals surface area contributed by atoms with Gasteiger partial charge in [0.15, 0.2) is 11.5 Å². The Bertz CT molecular complexity index is 617. The molecule has 1 N–H and O–H groups in total. The Balaban J connectivity index is 2.14. The first-order valence-corrected chi connectivity index (χ1v) is 7.26. The fourth-order valence-corrected chi connectivity index (χ4v) is 2.19. The summed E-state index contributed by atoms with van der Waals surface area (Å²) in [6.07, 6.45) is 4.68. The summed E-state index contributed by atoms with van der Waals surface area (Å²) in [6.45, 7) is 4.07. The number of hydrogen-bond acceptors (Lipinski definition) is 5. The second-order valence-electron chi connectivity index (χ2n) is 4.96. The molecular weight excluding hydrogens is 278 g/mol. The molecule has 22 heavy (non-hydrogen) atoms. The van der Waals surface area contributed by atoms with Crippen LogP contribution >= 0.6 is 0 Å². The summed E-state index contributed by atoms with van der Waals surface area (Å²) in [6, 6.07) is 7.84. The van der Waals surface area contributed by atoms with E-state index < -0.39 is 0 Å². The molecule has 1 aromatic carbocycles. The fraction of sp³-hybridized carbons (Fsp3) is 0.353. The molecule has 0 saturated carbocycles. The van der Waals surface area contributed by atoms with Crippen LogP contribution < -0.4 is 14.8 Å². The van der Waals surface area contributed by atoms with E-state index in [1.165, 1.54) is 0 Å². The van der Waals surface area contributed by atoms with Crippen LogP contribution in [0.15, 0.2) is 30.5 Å². The lowest BCUT2D eigenvalue weighted by Crippen LogP contribution is -2.10. The van der Waals surface area contributed by atoms with Gasteiger partial charge in [-0.3, -0.25) is 0 Å². The minimum absolute atomic E-state index is 0.0562. The lowest BCUT2D eigenvalue weighted by molar-refractivity contribution is 0.354. The highest BCUT2D eigenvalue weighted by Crippen LogP contribution is 2.30. The maximum atomic E-state index is 5.34. The van der Waals surface area contributed by atoms with Crippen molar-refractivity contribution in [3.8, 4) is 11.5 Å². The molecule has 0 fully saturated rings. The maximum Gasteiger partial charge on any atom is 0.223 e. The van der Waals surface area contributed by atoms with Gasteiger partial charge in [0.25, 0.3) is 0 Å². The highest BCUT2D eigenvalue weighted by atomic mass is 16.5. The van der Waals surface area contributed by atoms with Crippen LogP contribution in [-0.4, -0.2) is 24.2 Å². The highest BCUT2D eigenvalue weighted by Gasteiger charge is 2.11. The molecule has 1 unspecified atom stereocenters. The molecule has 1 radical (unpaired) electrons. The highest BCUT2D eigenvalue weighted by molar-refractivity contribution is 5.45. The van der Waals surface area contributed by atoms with Crippen molar-refractivity contribution < 1.29 is 9.47 Å². The van der Waals surface area contributed by atoms with Crippen LogP contribution in [-0.2, 0) is 6.42 Å². The summed E-state index contributed by atoms with van der Waals surface area (Å²) in [7, 11) is 3.26. The van der Waals surface area contributed by atoms with E-state index in [9.17, 15) is 0 Å². The largest absolute Gasteiger partial charge is 0.493 e. The van der Waals surface area contributed by atoms with Crippen molar-refractivity contribution >= 4 is 5.95 Å². The van der Waals surface area contributed by atoms with Gasteiger partial charge in [-0.25, -0.2) is 9.97 Å². The van der Waals surface area contributed by atoms with Crippen molar-refractivity contribution in [3.05, 3.63) is 48.1 Å². The Hall–Kier alpha value is -2.30. The number of methoxy groups -OCH3 is 2. The van der Waals surface area contributed by atoms with E-state index in [-0.39, 0.29) is 6.04 Å². The molecule has 2 aromatic rings. The lowest BCUT2D eigenvalue weighted by Gasteiger charge is -2.16. The van der Waals surface area contributed by atoms with Crippen LogP contribution in [0.25, 0.3) is 0 Å². The Morgan fingerprint density at radius 1 is 1.18 bits per heavy atom. The van der Waals surface area contributed by atoms with Crippen molar-refractivity contribution in [2.75, 3.05) is 19.5 Å². The molecule has 0 aliphatic rings. The normalized spacial score (nSPS) is 11.8. The molecule has 0 amide bonds. The van der Waals surface area contributed by atoms with Crippen molar-refractivity contribution in [1.82, 2.24) is 9.97 Å². The molecule has 0 spiro atoms. The zero-order valence-electron chi connectivity index (χ0n) is 13.5. The first kappa shape index (κ1) is 16.1. The molecule has 1 heterocycles. The number of rotatable bonds is 7. The van der Waals surface area contributed by atoms with E-state index in [1.54, 1.807) is 20.4 Å². The van der Waals surface area contributed by atoms with Gasteiger partial charge in [-0.05, 0) is 43.5 Å². The monoisotopic (exact) mass is 300 g/mol. The van der Waals surface area contributed by atoms with Crippen LogP contribution in [0, 0.1) is 6.42 Å². The van der Waals surface area contributed by atoms with Crippen LogP contribution in [0.4, 0.5) is 5.95 Å². The fourth-order valence-electron chi connectivity index (χ4n) is 2.19. The summed E-state index contributed by atoms with van der Waals surface area (Å²) in [5.74, 6) is 2.06. The van der Waals surface area contributed by atoms with E-state index in [0.29, 0.717) is 11.7 Å². The first-order chi connectivity index (χ1) is 10.7. The average Bonchev–Trinajstić information content (AvgIpc) is 2.54. The topological polar surface area (TPSA) is 56.3 Å².